The second-order valence-electron chi connectivity index (χ2n) is 6.66. The molecule has 0 bridgehead atoms. The normalized spacial score (nSPS) is 30.1. The molecule has 7 heteroatoms. The lowest BCUT2D eigenvalue weighted by Gasteiger charge is -2.22. The molecule has 2 fully saturated rings. The molecule has 0 aliphatic carbocycles. The van der Waals surface area contributed by atoms with Crippen LogP contribution in [0.4, 0.5) is 0 Å². The monoisotopic (exact) mass is 310 g/mol. The lowest BCUT2D eigenvalue weighted by Crippen LogP contribution is -2.33. The predicted octanol–water partition coefficient (Wildman–Crippen LogP) is 0.594. The molecule has 3 aliphatic rings. The Balaban J connectivity index is 1.60. The van der Waals surface area contributed by atoms with Crippen LogP contribution in [-0.4, -0.2) is 48.5 Å². The molecule has 1 aromatic heterocycles. The molecule has 1 aromatic rings. The first-order valence-electron chi connectivity index (χ1n) is 7.86. The zero-order chi connectivity index (χ0) is 14.5. The lowest BCUT2D eigenvalue weighted by atomic mass is 9.87. The number of aromatic nitrogens is 2. The van der Waals surface area contributed by atoms with Crippen molar-refractivity contribution < 1.29 is 8.42 Å². The van der Waals surface area contributed by atoms with Crippen molar-refractivity contribution in [1.29, 1.82) is 0 Å². The van der Waals surface area contributed by atoms with Gasteiger partial charge in [0.05, 0.1) is 0 Å². The smallest absolute Gasteiger partial charge is 0.262 e. The van der Waals surface area contributed by atoms with Crippen LogP contribution < -0.4 is 5.32 Å². The van der Waals surface area contributed by atoms with E-state index in [2.05, 4.69) is 10.3 Å². The molecule has 4 heterocycles. The maximum Gasteiger partial charge on any atom is 0.262 e. The number of hydrogen-bond donors (Lipinski definition) is 1. The van der Waals surface area contributed by atoms with E-state index < -0.39 is 10.0 Å². The summed E-state index contributed by atoms with van der Waals surface area (Å²) in [5, 5.41) is 3.62. The van der Waals surface area contributed by atoms with Crippen LogP contribution in [0.3, 0.4) is 0 Å². The highest BCUT2D eigenvalue weighted by Gasteiger charge is 2.45. The van der Waals surface area contributed by atoms with E-state index in [0.717, 1.165) is 57.6 Å². The predicted molar refractivity (Wildman–Crippen MR) is 78.5 cm³/mol. The van der Waals surface area contributed by atoms with Crippen molar-refractivity contribution in [2.24, 2.45) is 5.41 Å². The summed E-state index contributed by atoms with van der Waals surface area (Å²) in [5.74, 6) is 0.927. The van der Waals surface area contributed by atoms with Crippen LogP contribution in [0.25, 0.3) is 0 Å². The third kappa shape index (κ3) is 2.22. The molecule has 6 nitrogen and oxygen atoms in total. The third-order valence-electron chi connectivity index (χ3n) is 5.23. The highest BCUT2D eigenvalue weighted by atomic mass is 32.2. The van der Waals surface area contributed by atoms with Gasteiger partial charge in [0.15, 0.2) is 5.03 Å². The van der Waals surface area contributed by atoms with Gasteiger partial charge < -0.3 is 9.88 Å². The standard InChI is InChI=1S/C14H22N4O2S/c19-21(20,13-9-17-7-2-1-3-12(17)16-13)18-8-5-14(11-18)4-6-15-10-14/h9,15H,1-8,10-11H2. The molecule has 21 heavy (non-hydrogen) atoms. The van der Waals surface area contributed by atoms with Gasteiger partial charge in [-0.15, -0.1) is 0 Å². The van der Waals surface area contributed by atoms with Crippen molar-refractivity contribution in [3.63, 3.8) is 0 Å². The highest BCUT2D eigenvalue weighted by Crippen LogP contribution is 2.38. The largest absolute Gasteiger partial charge is 0.333 e. The fraction of sp³-hybridized carbons (Fsp3) is 0.786. The molecule has 1 atom stereocenters. The van der Waals surface area contributed by atoms with Crippen molar-refractivity contribution in [1.82, 2.24) is 19.2 Å². The van der Waals surface area contributed by atoms with E-state index in [4.69, 9.17) is 0 Å². The van der Waals surface area contributed by atoms with E-state index in [9.17, 15) is 8.42 Å². The highest BCUT2D eigenvalue weighted by molar-refractivity contribution is 7.89. The van der Waals surface area contributed by atoms with Crippen LogP contribution in [0.5, 0.6) is 0 Å². The van der Waals surface area contributed by atoms with Crippen molar-refractivity contribution in [3.05, 3.63) is 12.0 Å². The molecule has 1 N–H and O–H groups in total. The maximum absolute atomic E-state index is 12.8. The summed E-state index contributed by atoms with van der Waals surface area (Å²) in [7, 11) is -3.42. The van der Waals surface area contributed by atoms with Crippen LogP contribution in [-0.2, 0) is 23.0 Å². The average molecular weight is 310 g/mol. The zero-order valence-electron chi connectivity index (χ0n) is 12.2. The number of rotatable bonds is 2. The number of sulfonamides is 1. The molecule has 0 radical (unpaired) electrons. The van der Waals surface area contributed by atoms with Crippen LogP contribution >= 0.6 is 0 Å². The zero-order valence-corrected chi connectivity index (χ0v) is 13.0. The van der Waals surface area contributed by atoms with Crippen LogP contribution in [0, 0.1) is 5.41 Å². The number of aryl methyl sites for hydroxylation is 2. The fourth-order valence-electron chi connectivity index (χ4n) is 3.89. The van der Waals surface area contributed by atoms with Crippen molar-refractivity contribution in [2.45, 2.75) is 43.7 Å². The second-order valence-corrected chi connectivity index (χ2v) is 8.55. The molecule has 0 saturated carbocycles. The van der Waals surface area contributed by atoms with Gasteiger partial charge in [0, 0.05) is 38.8 Å². The van der Waals surface area contributed by atoms with E-state index in [-0.39, 0.29) is 10.4 Å². The first-order valence-corrected chi connectivity index (χ1v) is 9.30. The Morgan fingerprint density at radius 3 is 2.90 bits per heavy atom. The van der Waals surface area contributed by atoms with Gasteiger partial charge in [-0.05, 0) is 37.6 Å². The summed E-state index contributed by atoms with van der Waals surface area (Å²) in [4.78, 5) is 4.40. The first-order chi connectivity index (χ1) is 10.1. The molecule has 3 aliphatic heterocycles. The molecule has 0 aromatic carbocycles. The van der Waals surface area contributed by atoms with Gasteiger partial charge in [-0.1, -0.05) is 0 Å². The number of nitrogens with zero attached hydrogens (tertiary/aromatic N) is 3. The molecular formula is C14H22N4O2S. The van der Waals surface area contributed by atoms with E-state index in [0.29, 0.717) is 13.1 Å². The molecule has 116 valence electrons. The summed E-state index contributed by atoms with van der Waals surface area (Å²) < 4.78 is 29.3. The van der Waals surface area contributed by atoms with Crippen molar-refractivity contribution in [3.8, 4) is 0 Å². The average Bonchev–Trinajstić information content (AvgIpc) is 3.20. The summed E-state index contributed by atoms with van der Waals surface area (Å²) >= 11 is 0. The Morgan fingerprint density at radius 2 is 2.14 bits per heavy atom. The minimum Gasteiger partial charge on any atom is -0.333 e. The van der Waals surface area contributed by atoms with E-state index in [1.54, 1.807) is 10.5 Å². The Kier molecular flexibility index (Phi) is 3.13. The summed E-state index contributed by atoms with van der Waals surface area (Å²) in [6.07, 6.45) is 6.90. The SMILES string of the molecule is O=S(=O)(c1cn2c(n1)CCCC2)N1CCC2(CCNC2)C1. The molecule has 2 saturated heterocycles. The van der Waals surface area contributed by atoms with Crippen molar-refractivity contribution >= 4 is 10.0 Å². The Hall–Kier alpha value is -0.920. The van der Waals surface area contributed by atoms with Crippen LogP contribution in [0.1, 0.15) is 31.5 Å². The van der Waals surface area contributed by atoms with E-state index >= 15 is 0 Å². The Labute approximate surface area is 125 Å². The van der Waals surface area contributed by atoms with Gasteiger partial charge in [-0.25, -0.2) is 13.4 Å². The quantitative estimate of drug-likeness (QED) is 0.868. The number of hydrogen-bond acceptors (Lipinski definition) is 4. The minimum absolute atomic E-state index is 0.159. The van der Waals surface area contributed by atoms with Gasteiger partial charge in [-0.2, -0.15) is 4.31 Å². The summed E-state index contributed by atoms with van der Waals surface area (Å²) in [6, 6.07) is 0. The number of nitrogens with one attached hydrogen (secondary N) is 1. The van der Waals surface area contributed by atoms with Crippen LogP contribution in [0.2, 0.25) is 0 Å². The minimum atomic E-state index is -3.42. The lowest BCUT2D eigenvalue weighted by molar-refractivity contribution is 0.337. The Morgan fingerprint density at radius 1 is 1.24 bits per heavy atom. The maximum atomic E-state index is 12.8. The Bertz CT molecular complexity index is 622. The number of fused-ring (bicyclic) bond motifs is 1. The first kappa shape index (κ1) is 13.7. The summed E-state index contributed by atoms with van der Waals surface area (Å²) in [6.45, 7) is 4.12. The second kappa shape index (κ2) is 4.79. The van der Waals surface area contributed by atoms with Gasteiger partial charge in [-0.3, -0.25) is 0 Å². The van der Waals surface area contributed by atoms with E-state index in [1.807, 2.05) is 4.57 Å². The van der Waals surface area contributed by atoms with Gasteiger partial charge in [0.25, 0.3) is 10.0 Å². The van der Waals surface area contributed by atoms with Gasteiger partial charge in [0.1, 0.15) is 5.82 Å². The van der Waals surface area contributed by atoms with Crippen LogP contribution in [0.15, 0.2) is 11.2 Å². The van der Waals surface area contributed by atoms with Gasteiger partial charge in [0.2, 0.25) is 0 Å². The molecule has 0 amide bonds. The molecular weight excluding hydrogens is 288 g/mol. The van der Waals surface area contributed by atoms with Crippen molar-refractivity contribution in [2.75, 3.05) is 26.2 Å². The van der Waals surface area contributed by atoms with E-state index in [1.165, 1.54) is 0 Å². The summed E-state index contributed by atoms with van der Waals surface area (Å²) in [5.41, 5.74) is 0.159. The fourth-order valence-corrected chi connectivity index (χ4v) is 5.41. The third-order valence-corrected chi connectivity index (χ3v) is 6.94. The molecule has 4 rings (SSSR count). The van der Waals surface area contributed by atoms with Gasteiger partial charge >= 0.3 is 0 Å². The topological polar surface area (TPSA) is 67.2 Å². The molecule has 1 spiro atoms. The molecule has 1 unspecified atom stereocenters. The number of imidazole rings is 1.